The summed E-state index contributed by atoms with van der Waals surface area (Å²) in [7, 11) is 1.70. The second-order valence-electron chi connectivity index (χ2n) is 5.29. The Bertz CT molecular complexity index is 681. The topological polar surface area (TPSA) is 42.0 Å². The number of Topliss-reactive ketones (excluding diaryl/α,β-unsaturated/α-hetero) is 1. The molecule has 1 aromatic carbocycles. The zero-order valence-corrected chi connectivity index (χ0v) is 12.8. The average Bonchev–Trinajstić information content (AvgIpc) is 2.52. The first-order valence-corrected chi connectivity index (χ1v) is 7.11. The molecule has 1 N–H and O–H groups in total. The number of hydrogen-bond donors (Lipinski definition) is 1. The van der Waals surface area contributed by atoms with Gasteiger partial charge in [0, 0.05) is 11.8 Å². The van der Waals surface area contributed by atoms with Crippen molar-refractivity contribution in [2.24, 2.45) is 0 Å². The van der Waals surface area contributed by atoms with E-state index in [1.54, 1.807) is 31.4 Å². The summed E-state index contributed by atoms with van der Waals surface area (Å²) in [6, 6.07) is 8.20. The maximum atomic E-state index is 12.7. The largest absolute Gasteiger partial charge is 0.416 e. The fourth-order valence-electron chi connectivity index (χ4n) is 2.26. The van der Waals surface area contributed by atoms with Gasteiger partial charge >= 0.3 is 6.18 Å². The molecule has 2 rings (SSSR count). The molecule has 0 fully saturated rings. The summed E-state index contributed by atoms with van der Waals surface area (Å²) in [5.74, 6) is 0.0226. The van der Waals surface area contributed by atoms with Gasteiger partial charge in [0.15, 0.2) is 0 Å². The molecule has 0 saturated heterocycles. The van der Waals surface area contributed by atoms with Crippen LogP contribution in [0.15, 0.2) is 42.6 Å². The van der Waals surface area contributed by atoms with Crippen LogP contribution < -0.4 is 5.32 Å². The van der Waals surface area contributed by atoms with Crippen LogP contribution in [-0.4, -0.2) is 23.9 Å². The van der Waals surface area contributed by atoms with E-state index in [1.807, 2.05) is 0 Å². The van der Waals surface area contributed by atoms with Gasteiger partial charge in [-0.2, -0.15) is 13.2 Å². The molecule has 1 aromatic heterocycles. The quantitative estimate of drug-likeness (QED) is 0.916. The van der Waals surface area contributed by atoms with Gasteiger partial charge in [-0.05, 0) is 44.2 Å². The molecule has 0 aliphatic heterocycles. The minimum absolute atomic E-state index is 0.0226. The average molecular weight is 322 g/mol. The molecule has 0 spiro atoms. The second kappa shape index (κ2) is 6.91. The van der Waals surface area contributed by atoms with Crippen molar-refractivity contribution < 1.29 is 18.0 Å². The van der Waals surface area contributed by atoms with Crippen LogP contribution in [0.1, 0.15) is 18.1 Å². The molecule has 0 aliphatic rings. The first-order chi connectivity index (χ1) is 10.8. The van der Waals surface area contributed by atoms with Gasteiger partial charge in [0.2, 0.25) is 0 Å². The lowest BCUT2D eigenvalue weighted by atomic mass is 10.0. The summed E-state index contributed by atoms with van der Waals surface area (Å²) in [4.78, 5) is 15.6. The molecule has 0 bridgehead atoms. The Kier molecular flexibility index (Phi) is 5.15. The van der Waals surface area contributed by atoms with Gasteiger partial charge in [0.1, 0.15) is 5.78 Å². The number of benzene rings is 1. The standard InChI is InChI=1S/C17H17F3N2O/c1-11(23)16(21-2)8-12-6-7-15(22-10-12)13-4-3-5-14(9-13)17(18,19)20/h3-7,9-10,16,21H,8H2,1-2H3. The van der Waals surface area contributed by atoms with Crippen molar-refractivity contribution in [3.8, 4) is 11.3 Å². The summed E-state index contributed by atoms with van der Waals surface area (Å²) < 4.78 is 38.2. The fraction of sp³-hybridized carbons (Fsp3) is 0.294. The summed E-state index contributed by atoms with van der Waals surface area (Å²) in [5, 5.41) is 2.92. The van der Waals surface area contributed by atoms with Gasteiger partial charge in [-0.1, -0.05) is 18.2 Å². The lowest BCUT2D eigenvalue weighted by Gasteiger charge is -2.13. The molecule has 1 unspecified atom stereocenters. The minimum atomic E-state index is -4.38. The molecule has 2 aromatic rings. The number of rotatable bonds is 5. The van der Waals surface area contributed by atoms with Gasteiger partial charge in [0.05, 0.1) is 17.3 Å². The number of halogens is 3. The van der Waals surface area contributed by atoms with Gasteiger partial charge in [-0.15, -0.1) is 0 Å². The van der Waals surface area contributed by atoms with Crippen molar-refractivity contribution in [2.75, 3.05) is 7.05 Å². The number of hydrogen-bond acceptors (Lipinski definition) is 3. The van der Waals surface area contributed by atoms with Crippen LogP contribution in [0.25, 0.3) is 11.3 Å². The molecule has 23 heavy (non-hydrogen) atoms. The highest BCUT2D eigenvalue weighted by atomic mass is 19.4. The number of likely N-dealkylation sites (N-methyl/N-ethyl adjacent to an activating group) is 1. The fourth-order valence-corrected chi connectivity index (χ4v) is 2.26. The monoisotopic (exact) mass is 322 g/mol. The van der Waals surface area contributed by atoms with Crippen molar-refractivity contribution >= 4 is 5.78 Å². The van der Waals surface area contributed by atoms with E-state index in [0.29, 0.717) is 17.7 Å². The Balaban J connectivity index is 2.21. The van der Waals surface area contributed by atoms with Gasteiger partial charge in [0.25, 0.3) is 0 Å². The molecule has 6 heteroatoms. The van der Waals surface area contributed by atoms with Gasteiger partial charge in [-0.3, -0.25) is 9.78 Å². The number of aromatic nitrogens is 1. The Labute approximate surface area is 132 Å². The van der Waals surface area contributed by atoms with E-state index in [0.717, 1.165) is 17.7 Å². The molecule has 0 amide bonds. The van der Waals surface area contributed by atoms with E-state index in [9.17, 15) is 18.0 Å². The van der Waals surface area contributed by atoms with Crippen molar-refractivity contribution in [1.82, 2.24) is 10.3 Å². The van der Waals surface area contributed by atoms with Gasteiger partial charge < -0.3 is 5.32 Å². The van der Waals surface area contributed by atoms with E-state index in [4.69, 9.17) is 0 Å². The maximum absolute atomic E-state index is 12.7. The van der Waals surface area contributed by atoms with E-state index >= 15 is 0 Å². The summed E-state index contributed by atoms with van der Waals surface area (Å²) in [5.41, 5.74) is 1.01. The highest BCUT2D eigenvalue weighted by molar-refractivity contribution is 5.81. The summed E-state index contributed by atoms with van der Waals surface area (Å²) >= 11 is 0. The molecular weight excluding hydrogens is 305 g/mol. The number of nitrogens with zero attached hydrogens (tertiary/aromatic N) is 1. The van der Waals surface area contributed by atoms with Crippen molar-refractivity contribution in [2.45, 2.75) is 25.6 Å². The molecule has 0 aliphatic carbocycles. The third kappa shape index (κ3) is 4.39. The van der Waals surface area contributed by atoms with Crippen LogP contribution in [0.5, 0.6) is 0 Å². The summed E-state index contributed by atoms with van der Waals surface area (Å²) in [6.07, 6.45) is -2.30. The number of carbonyl (C=O) groups is 1. The van der Waals surface area contributed by atoms with E-state index in [1.165, 1.54) is 13.0 Å². The van der Waals surface area contributed by atoms with Crippen LogP contribution in [0.3, 0.4) is 0 Å². The molecule has 3 nitrogen and oxygen atoms in total. The number of pyridine rings is 1. The van der Waals surface area contributed by atoms with Crippen LogP contribution in [0.4, 0.5) is 13.2 Å². The third-order valence-electron chi connectivity index (χ3n) is 3.59. The van der Waals surface area contributed by atoms with E-state index in [2.05, 4.69) is 10.3 Å². The molecule has 0 saturated carbocycles. The molecule has 1 heterocycles. The molecule has 0 radical (unpaired) electrons. The van der Waals surface area contributed by atoms with Crippen molar-refractivity contribution in [1.29, 1.82) is 0 Å². The minimum Gasteiger partial charge on any atom is -0.310 e. The predicted octanol–water partition coefficient (Wildman–Crippen LogP) is 3.49. The van der Waals surface area contributed by atoms with Crippen molar-refractivity contribution in [3.05, 3.63) is 53.7 Å². The number of alkyl halides is 3. The Morgan fingerprint density at radius 2 is 2.00 bits per heavy atom. The molecular formula is C17H17F3N2O. The predicted molar refractivity (Wildman–Crippen MR) is 81.9 cm³/mol. The third-order valence-corrected chi connectivity index (χ3v) is 3.59. The Morgan fingerprint density at radius 1 is 1.26 bits per heavy atom. The number of nitrogens with one attached hydrogen (secondary N) is 1. The zero-order chi connectivity index (χ0) is 17.0. The van der Waals surface area contributed by atoms with E-state index in [-0.39, 0.29) is 11.8 Å². The second-order valence-corrected chi connectivity index (χ2v) is 5.29. The van der Waals surface area contributed by atoms with Crippen LogP contribution in [-0.2, 0) is 17.4 Å². The van der Waals surface area contributed by atoms with E-state index < -0.39 is 11.7 Å². The lowest BCUT2D eigenvalue weighted by molar-refractivity contribution is -0.137. The number of ketones is 1. The smallest absolute Gasteiger partial charge is 0.310 e. The molecule has 1 atom stereocenters. The lowest BCUT2D eigenvalue weighted by Crippen LogP contribution is -2.34. The maximum Gasteiger partial charge on any atom is 0.416 e. The Hall–Kier alpha value is -2.21. The summed E-state index contributed by atoms with van der Waals surface area (Å²) in [6.45, 7) is 1.51. The highest BCUT2D eigenvalue weighted by Crippen LogP contribution is 2.31. The van der Waals surface area contributed by atoms with Crippen molar-refractivity contribution in [3.63, 3.8) is 0 Å². The van der Waals surface area contributed by atoms with Crippen LogP contribution >= 0.6 is 0 Å². The zero-order valence-electron chi connectivity index (χ0n) is 12.8. The Morgan fingerprint density at radius 3 is 2.52 bits per heavy atom. The highest BCUT2D eigenvalue weighted by Gasteiger charge is 2.30. The first kappa shape index (κ1) is 17.1. The van der Waals surface area contributed by atoms with Crippen LogP contribution in [0, 0.1) is 0 Å². The first-order valence-electron chi connectivity index (χ1n) is 7.11. The molecule has 122 valence electrons. The SMILES string of the molecule is CNC(Cc1ccc(-c2cccc(C(F)(F)F)c2)nc1)C(C)=O. The number of carbonyl (C=O) groups excluding carboxylic acids is 1. The van der Waals surface area contributed by atoms with Gasteiger partial charge in [-0.25, -0.2) is 0 Å². The normalized spacial score (nSPS) is 12.9. The van der Waals surface area contributed by atoms with Crippen LogP contribution in [0.2, 0.25) is 0 Å².